The Kier molecular flexibility index (Phi) is 8.96. The second-order valence-corrected chi connectivity index (χ2v) is 13.5. The minimum absolute atomic E-state index is 0.0132. The smallest absolute Gasteiger partial charge is 0.255 e. The van der Waals surface area contributed by atoms with Gasteiger partial charge in [-0.25, -0.2) is 21.6 Å². The third-order valence-corrected chi connectivity index (χ3v) is 9.46. The zero-order chi connectivity index (χ0) is 29.9. The predicted octanol–water partition coefficient (Wildman–Crippen LogP) is 2.97. The molecule has 0 aliphatic heterocycles. The molecule has 11 nitrogen and oxygen atoms in total. The monoisotopic (exact) mass is 585 g/mol. The van der Waals surface area contributed by atoms with Crippen LogP contribution in [0.3, 0.4) is 0 Å². The van der Waals surface area contributed by atoms with E-state index in [1.54, 1.807) is 16.6 Å². The van der Waals surface area contributed by atoms with Gasteiger partial charge in [0.15, 0.2) is 0 Å². The van der Waals surface area contributed by atoms with Crippen molar-refractivity contribution in [2.24, 2.45) is 5.92 Å². The first-order valence-corrected chi connectivity index (χ1v) is 15.1. The molecular formula is C28H36FN7O4S. The van der Waals surface area contributed by atoms with E-state index < -0.39 is 27.7 Å². The van der Waals surface area contributed by atoms with Crippen LogP contribution in [0.25, 0.3) is 16.9 Å². The second kappa shape index (κ2) is 12.1. The highest BCUT2D eigenvalue weighted by molar-refractivity contribution is 7.89. The number of aromatic nitrogens is 3. The number of alkyl halides is 1. The second-order valence-electron chi connectivity index (χ2n) is 11.3. The lowest BCUT2D eigenvalue weighted by atomic mass is 9.87. The van der Waals surface area contributed by atoms with Crippen molar-refractivity contribution in [2.75, 3.05) is 31.7 Å². The minimum Gasteiger partial charge on any atom is -0.387 e. The fourth-order valence-electron chi connectivity index (χ4n) is 4.82. The normalized spacial score (nSPS) is 18.7. The maximum atomic E-state index is 14.3. The predicted molar refractivity (Wildman–Crippen MR) is 154 cm³/mol. The molecule has 0 saturated heterocycles. The van der Waals surface area contributed by atoms with Crippen LogP contribution in [0.1, 0.15) is 55.5 Å². The molecule has 1 atom stereocenters. The van der Waals surface area contributed by atoms with E-state index >= 15 is 0 Å². The van der Waals surface area contributed by atoms with Crippen LogP contribution >= 0.6 is 0 Å². The summed E-state index contributed by atoms with van der Waals surface area (Å²) in [6, 6.07) is 9.15. The van der Waals surface area contributed by atoms with Crippen LogP contribution in [0, 0.1) is 17.2 Å². The molecule has 0 aromatic carbocycles. The Morgan fingerprint density at radius 2 is 1.95 bits per heavy atom. The lowest BCUT2D eigenvalue weighted by molar-refractivity contribution is -0.00177. The Hall–Kier alpha value is -3.60. The summed E-state index contributed by atoms with van der Waals surface area (Å²) >= 11 is 0. The van der Waals surface area contributed by atoms with Crippen LogP contribution in [0.15, 0.2) is 36.7 Å². The van der Waals surface area contributed by atoms with Crippen molar-refractivity contribution in [1.82, 2.24) is 24.2 Å². The van der Waals surface area contributed by atoms with Gasteiger partial charge < -0.3 is 15.7 Å². The van der Waals surface area contributed by atoms with Crippen molar-refractivity contribution in [3.05, 3.63) is 47.8 Å². The molecule has 3 aromatic rings. The number of nitriles is 1. The number of aliphatic hydroxyl groups is 1. The zero-order valence-electron chi connectivity index (χ0n) is 23.6. The van der Waals surface area contributed by atoms with Crippen LogP contribution in [-0.2, 0) is 10.0 Å². The first-order valence-electron chi connectivity index (χ1n) is 13.5. The quantitative estimate of drug-likeness (QED) is 0.328. The molecule has 0 bridgehead atoms. The van der Waals surface area contributed by atoms with Gasteiger partial charge in [0, 0.05) is 26.3 Å². The number of carbonyl (C=O) groups excluding carboxylic acids is 1. The van der Waals surface area contributed by atoms with E-state index in [9.17, 15) is 28.0 Å². The summed E-state index contributed by atoms with van der Waals surface area (Å²) < 4.78 is 41.9. The topological polar surface area (TPSA) is 153 Å². The highest BCUT2D eigenvalue weighted by atomic mass is 32.2. The summed E-state index contributed by atoms with van der Waals surface area (Å²) in [6.45, 7) is 2.30. The Labute approximate surface area is 239 Å². The Morgan fingerprint density at radius 3 is 2.59 bits per heavy atom. The first-order chi connectivity index (χ1) is 19.3. The van der Waals surface area contributed by atoms with Gasteiger partial charge in [-0.3, -0.25) is 9.78 Å². The summed E-state index contributed by atoms with van der Waals surface area (Å²) in [4.78, 5) is 17.6. The molecule has 1 amide bonds. The molecule has 1 fully saturated rings. The van der Waals surface area contributed by atoms with Crippen molar-refractivity contribution in [3.63, 3.8) is 0 Å². The molecule has 3 aromatic heterocycles. The van der Waals surface area contributed by atoms with E-state index in [4.69, 9.17) is 0 Å². The summed E-state index contributed by atoms with van der Waals surface area (Å²) in [6.07, 6.45) is 4.07. The minimum atomic E-state index is -3.29. The van der Waals surface area contributed by atoms with E-state index in [0.29, 0.717) is 53.8 Å². The van der Waals surface area contributed by atoms with Gasteiger partial charge in [-0.05, 0) is 69.7 Å². The number of carbonyl (C=O) groups is 1. The number of nitrogens with zero attached hydrogens (tertiary/aromatic N) is 5. The first kappa shape index (κ1) is 30.4. The fourth-order valence-corrected chi connectivity index (χ4v) is 6.04. The molecule has 220 valence electrons. The van der Waals surface area contributed by atoms with E-state index in [1.807, 2.05) is 12.1 Å². The number of fused-ring (bicyclic) bond motifs is 1. The molecule has 3 heterocycles. The maximum Gasteiger partial charge on any atom is 0.255 e. The SMILES string of the molecule is CN(C)S(=O)(=O)CC1CCC(Nc2cc(-c3ccc4cc(C#N)cnn34)ncc2C(=O)NC[C@@H](F)C(C)(C)O)CC1. The Balaban J connectivity index is 1.58. The number of sulfonamides is 1. The molecule has 0 radical (unpaired) electrons. The summed E-state index contributed by atoms with van der Waals surface area (Å²) in [7, 11) is -0.219. The van der Waals surface area contributed by atoms with E-state index in [1.165, 1.54) is 44.6 Å². The number of halogens is 1. The van der Waals surface area contributed by atoms with Gasteiger partial charge in [0.2, 0.25) is 10.0 Å². The number of anilines is 1. The van der Waals surface area contributed by atoms with Crippen molar-refractivity contribution in [2.45, 2.75) is 57.3 Å². The van der Waals surface area contributed by atoms with Crippen molar-refractivity contribution >= 4 is 27.1 Å². The standard InChI is InChI=1S/C28H36FN7O4S/c1-28(2,38)26(29)16-32-27(37)22-15-31-24(25-10-9-21-11-19(13-30)14-33-36(21)25)12-23(22)34-20-7-5-18(6-8-20)17-41(39,40)35(3)4/h9-12,14-15,18,20,26,38H,5-8,16-17H2,1-4H3,(H,31,34)(H,32,37)/t18?,20?,26-/m1/s1. The van der Waals surface area contributed by atoms with Gasteiger partial charge in [-0.1, -0.05) is 0 Å². The molecule has 4 rings (SSSR count). The summed E-state index contributed by atoms with van der Waals surface area (Å²) in [5.74, 6) is -0.385. The molecular weight excluding hydrogens is 549 g/mol. The average molecular weight is 586 g/mol. The summed E-state index contributed by atoms with van der Waals surface area (Å²) in [5.41, 5.74) is 1.44. The molecule has 3 N–H and O–H groups in total. The van der Waals surface area contributed by atoms with Gasteiger partial charge in [-0.2, -0.15) is 10.4 Å². The fraction of sp³-hybridized carbons (Fsp3) is 0.500. The van der Waals surface area contributed by atoms with Gasteiger partial charge in [-0.15, -0.1) is 0 Å². The highest BCUT2D eigenvalue weighted by Gasteiger charge is 2.29. The van der Waals surface area contributed by atoms with Crippen molar-refractivity contribution < 1.29 is 22.7 Å². The van der Waals surface area contributed by atoms with Gasteiger partial charge in [0.25, 0.3) is 5.91 Å². The Bertz CT molecular complexity index is 1550. The van der Waals surface area contributed by atoms with E-state index in [-0.39, 0.29) is 29.8 Å². The third-order valence-electron chi connectivity index (χ3n) is 7.46. The lowest BCUT2D eigenvalue weighted by Crippen LogP contribution is -2.42. The molecule has 1 saturated carbocycles. The molecule has 41 heavy (non-hydrogen) atoms. The molecule has 13 heteroatoms. The van der Waals surface area contributed by atoms with Gasteiger partial charge >= 0.3 is 0 Å². The summed E-state index contributed by atoms with van der Waals surface area (Å²) in [5, 5.41) is 29.4. The number of rotatable bonds is 10. The van der Waals surface area contributed by atoms with Crippen LogP contribution in [0.5, 0.6) is 0 Å². The maximum absolute atomic E-state index is 14.3. The molecule has 1 aliphatic carbocycles. The van der Waals surface area contributed by atoms with Gasteiger partial charge in [0.1, 0.15) is 12.2 Å². The number of hydrogen-bond acceptors (Lipinski definition) is 8. The number of hydrogen-bond donors (Lipinski definition) is 3. The lowest BCUT2D eigenvalue weighted by Gasteiger charge is -2.30. The van der Waals surface area contributed by atoms with Crippen LogP contribution in [-0.4, -0.2) is 82.5 Å². The van der Waals surface area contributed by atoms with Crippen molar-refractivity contribution in [3.8, 4) is 17.5 Å². The van der Waals surface area contributed by atoms with Crippen LogP contribution < -0.4 is 10.6 Å². The average Bonchev–Trinajstić information content (AvgIpc) is 3.35. The number of pyridine rings is 1. The Morgan fingerprint density at radius 1 is 1.24 bits per heavy atom. The van der Waals surface area contributed by atoms with Crippen molar-refractivity contribution in [1.29, 1.82) is 5.26 Å². The highest BCUT2D eigenvalue weighted by Crippen LogP contribution is 2.31. The molecule has 0 spiro atoms. The molecule has 1 aliphatic rings. The largest absolute Gasteiger partial charge is 0.387 e. The van der Waals surface area contributed by atoms with E-state index in [0.717, 1.165) is 0 Å². The van der Waals surface area contributed by atoms with E-state index in [2.05, 4.69) is 26.8 Å². The van der Waals surface area contributed by atoms with Crippen LogP contribution in [0.4, 0.5) is 10.1 Å². The number of nitrogens with one attached hydrogen (secondary N) is 2. The molecule has 0 unspecified atom stereocenters. The van der Waals surface area contributed by atoms with Crippen LogP contribution in [0.2, 0.25) is 0 Å². The zero-order valence-corrected chi connectivity index (χ0v) is 24.4. The third kappa shape index (κ3) is 7.19. The number of amides is 1. The van der Waals surface area contributed by atoms with Gasteiger partial charge in [0.05, 0.1) is 57.8 Å².